The van der Waals surface area contributed by atoms with E-state index in [4.69, 9.17) is 22.7 Å². The molecule has 14 heavy (non-hydrogen) atoms. The predicted molar refractivity (Wildman–Crippen MR) is 55.5 cm³/mol. The Balaban J connectivity index is 2.41. The van der Waals surface area contributed by atoms with Crippen molar-refractivity contribution in [3.63, 3.8) is 0 Å². The highest BCUT2D eigenvalue weighted by Crippen LogP contribution is 2.30. The normalized spacial score (nSPS) is 20.9. The Morgan fingerprint density at radius 3 is 2.71 bits per heavy atom. The molecule has 0 saturated carbocycles. The third-order valence-electron chi connectivity index (χ3n) is 2.81. The van der Waals surface area contributed by atoms with E-state index in [2.05, 4.69) is 17.1 Å². The highest BCUT2D eigenvalue weighted by molar-refractivity contribution is 7.71. The van der Waals surface area contributed by atoms with Crippen molar-refractivity contribution in [3.05, 3.63) is 4.77 Å². The van der Waals surface area contributed by atoms with Gasteiger partial charge in [-0.25, -0.2) is 5.10 Å². The minimum atomic E-state index is -0.0492. The summed E-state index contributed by atoms with van der Waals surface area (Å²) in [6.45, 7) is 3.64. The number of ether oxygens (including phenoxy) is 1. The first kappa shape index (κ1) is 9.67. The van der Waals surface area contributed by atoms with E-state index in [-0.39, 0.29) is 5.54 Å². The highest BCUT2D eigenvalue weighted by atomic mass is 32.1. The second kappa shape index (κ2) is 3.36. The molecule has 0 spiro atoms. The summed E-state index contributed by atoms with van der Waals surface area (Å²) in [6.07, 6.45) is 1.84. The quantitative estimate of drug-likeness (QED) is 0.686. The van der Waals surface area contributed by atoms with Gasteiger partial charge < -0.3 is 10.5 Å². The van der Waals surface area contributed by atoms with Crippen LogP contribution in [0.2, 0.25) is 0 Å². The summed E-state index contributed by atoms with van der Waals surface area (Å²) in [6, 6.07) is 0. The lowest BCUT2D eigenvalue weighted by Crippen LogP contribution is -2.37. The molecule has 6 heteroatoms. The summed E-state index contributed by atoms with van der Waals surface area (Å²) >= 11 is 5.15. The van der Waals surface area contributed by atoms with Crippen LogP contribution in [0.3, 0.4) is 0 Å². The van der Waals surface area contributed by atoms with Crippen LogP contribution >= 0.6 is 12.2 Å². The van der Waals surface area contributed by atoms with Crippen LogP contribution in [0.1, 0.15) is 19.8 Å². The van der Waals surface area contributed by atoms with E-state index >= 15 is 0 Å². The van der Waals surface area contributed by atoms with Crippen LogP contribution in [-0.2, 0) is 10.3 Å². The highest BCUT2D eigenvalue weighted by Gasteiger charge is 2.31. The number of hydrogen-bond acceptors (Lipinski definition) is 4. The summed E-state index contributed by atoms with van der Waals surface area (Å²) < 4.78 is 7.81. The van der Waals surface area contributed by atoms with Gasteiger partial charge in [0.25, 0.3) is 0 Å². The van der Waals surface area contributed by atoms with Crippen molar-refractivity contribution >= 4 is 18.2 Å². The molecular formula is C8H14N4OS. The van der Waals surface area contributed by atoms with Gasteiger partial charge in [0.05, 0.1) is 5.54 Å². The zero-order valence-electron chi connectivity index (χ0n) is 8.12. The Kier molecular flexibility index (Phi) is 2.32. The molecule has 1 fully saturated rings. The molecule has 0 aromatic carbocycles. The summed E-state index contributed by atoms with van der Waals surface area (Å²) in [5, 5.41) is 6.63. The third-order valence-corrected chi connectivity index (χ3v) is 3.08. The van der Waals surface area contributed by atoms with Crippen molar-refractivity contribution in [2.75, 3.05) is 18.9 Å². The standard InChI is InChI=1S/C8H14N4OS/c1-8(2-4-13-5-3-8)12-6(9)10-11-7(12)14/h2-5H2,1H3,(H2,9,10)(H,11,14). The van der Waals surface area contributed by atoms with Gasteiger partial charge in [-0.3, -0.25) is 4.57 Å². The Morgan fingerprint density at radius 2 is 2.21 bits per heavy atom. The molecule has 0 bridgehead atoms. The van der Waals surface area contributed by atoms with Crippen LogP contribution in [0.15, 0.2) is 0 Å². The molecule has 1 aliphatic heterocycles. The Bertz CT molecular complexity index is 377. The molecule has 1 aliphatic rings. The van der Waals surface area contributed by atoms with Gasteiger partial charge in [-0.1, -0.05) is 0 Å². The topological polar surface area (TPSA) is 68.9 Å². The lowest BCUT2D eigenvalue weighted by Gasteiger charge is -2.34. The van der Waals surface area contributed by atoms with Crippen LogP contribution in [0, 0.1) is 4.77 Å². The molecule has 1 aromatic rings. The number of H-pyrrole nitrogens is 1. The van der Waals surface area contributed by atoms with Crippen LogP contribution in [-0.4, -0.2) is 28.0 Å². The Labute approximate surface area is 87.3 Å². The lowest BCUT2D eigenvalue weighted by molar-refractivity contribution is 0.0297. The summed E-state index contributed by atoms with van der Waals surface area (Å²) in [5.74, 6) is 0.458. The fourth-order valence-electron chi connectivity index (χ4n) is 1.87. The lowest BCUT2D eigenvalue weighted by atomic mass is 9.92. The number of rotatable bonds is 1. The van der Waals surface area contributed by atoms with E-state index < -0.39 is 0 Å². The maximum Gasteiger partial charge on any atom is 0.220 e. The van der Waals surface area contributed by atoms with E-state index in [9.17, 15) is 0 Å². The predicted octanol–water partition coefficient (Wildman–Crippen LogP) is 1.05. The van der Waals surface area contributed by atoms with E-state index in [1.54, 1.807) is 0 Å². The van der Waals surface area contributed by atoms with Gasteiger partial charge in [0.2, 0.25) is 5.95 Å². The molecule has 78 valence electrons. The molecule has 0 amide bonds. The maximum absolute atomic E-state index is 5.77. The zero-order chi connectivity index (χ0) is 10.2. The van der Waals surface area contributed by atoms with Crippen LogP contribution in [0.5, 0.6) is 0 Å². The molecular weight excluding hydrogens is 200 g/mol. The monoisotopic (exact) mass is 214 g/mol. The summed E-state index contributed by atoms with van der Waals surface area (Å²) in [7, 11) is 0. The van der Waals surface area contributed by atoms with Gasteiger partial charge in [-0.05, 0) is 32.0 Å². The molecule has 0 radical (unpaired) electrons. The first-order valence-electron chi connectivity index (χ1n) is 4.65. The van der Waals surface area contributed by atoms with Gasteiger partial charge in [0.1, 0.15) is 0 Å². The number of nitrogens with two attached hydrogens (primary N) is 1. The second-order valence-corrected chi connectivity index (χ2v) is 4.22. The third kappa shape index (κ3) is 1.44. The molecule has 0 aliphatic carbocycles. The smallest absolute Gasteiger partial charge is 0.220 e. The Hall–Kier alpha value is -0.880. The van der Waals surface area contributed by atoms with Crippen LogP contribution < -0.4 is 5.73 Å². The molecule has 3 N–H and O–H groups in total. The average molecular weight is 214 g/mol. The SMILES string of the molecule is CC1(n2c(N)n[nH]c2=S)CCOCC1. The van der Waals surface area contributed by atoms with Gasteiger partial charge in [0, 0.05) is 13.2 Å². The zero-order valence-corrected chi connectivity index (χ0v) is 8.93. The van der Waals surface area contributed by atoms with Gasteiger partial charge >= 0.3 is 0 Å². The van der Waals surface area contributed by atoms with Crippen LogP contribution in [0.4, 0.5) is 5.95 Å². The first-order valence-corrected chi connectivity index (χ1v) is 5.05. The molecule has 1 saturated heterocycles. The number of nitrogen functional groups attached to an aromatic ring is 1. The second-order valence-electron chi connectivity index (χ2n) is 3.83. The van der Waals surface area contributed by atoms with Gasteiger partial charge in [0.15, 0.2) is 4.77 Å². The number of anilines is 1. The van der Waals surface area contributed by atoms with Crippen molar-refractivity contribution in [3.8, 4) is 0 Å². The van der Waals surface area contributed by atoms with Crippen molar-refractivity contribution in [1.82, 2.24) is 14.8 Å². The number of aromatic nitrogens is 3. The number of hydrogen-bond donors (Lipinski definition) is 2. The number of aromatic amines is 1. The van der Waals surface area contributed by atoms with Crippen molar-refractivity contribution < 1.29 is 4.74 Å². The number of nitrogens with zero attached hydrogens (tertiary/aromatic N) is 2. The van der Waals surface area contributed by atoms with E-state index in [0.29, 0.717) is 10.7 Å². The minimum absolute atomic E-state index is 0.0492. The fraction of sp³-hybridized carbons (Fsp3) is 0.750. The van der Waals surface area contributed by atoms with Gasteiger partial charge in [-0.15, -0.1) is 5.10 Å². The van der Waals surface area contributed by atoms with Crippen molar-refractivity contribution in [1.29, 1.82) is 0 Å². The van der Waals surface area contributed by atoms with Gasteiger partial charge in [-0.2, -0.15) is 0 Å². The molecule has 0 atom stereocenters. The van der Waals surface area contributed by atoms with E-state index in [0.717, 1.165) is 26.1 Å². The van der Waals surface area contributed by atoms with Crippen molar-refractivity contribution in [2.24, 2.45) is 0 Å². The van der Waals surface area contributed by atoms with Crippen LogP contribution in [0.25, 0.3) is 0 Å². The van der Waals surface area contributed by atoms with Crippen molar-refractivity contribution in [2.45, 2.75) is 25.3 Å². The largest absolute Gasteiger partial charge is 0.381 e. The minimum Gasteiger partial charge on any atom is -0.381 e. The van der Waals surface area contributed by atoms with E-state index in [1.807, 2.05) is 4.57 Å². The summed E-state index contributed by atoms with van der Waals surface area (Å²) in [5.41, 5.74) is 5.72. The molecule has 2 rings (SSSR count). The van der Waals surface area contributed by atoms with E-state index in [1.165, 1.54) is 0 Å². The number of nitrogens with one attached hydrogen (secondary N) is 1. The summed E-state index contributed by atoms with van der Waals surface area (Å²) in [4.78, 5) is 0. The molecule has 2 heterocycles. The first-order chi connectivity index (χ1) is 6.63. The average Bonchev–Trinajstić information content (AvgIpc) is 2.48. The Morgan fingerprint density at radius 1 is 1.57 bits per heavy atom. The maximum atomic E-state index is 5.77. The molecule has 1 aromatic heterocycles. The molecule has 0 unspecified atom stereocenters. The molecule has 5 nitrogen and oxygen atoms in total. The fourth-order valence-corrected chi connectivity index (χ4v) is 2.23.